The maximum absolute atomic E-state index is 12.4. The molecule has 0 bridgehead atoms. The Balaban J connectivity index is 1.39. The van der Waals surface area contributed by atoms with Gasteiger partial charge in [0.2, 0.25) is 0 Å². The number of pyridine rings is 1. The number of carbonyl (C=O) groups excluding carboxylic acids is 1. The van der Waals surface area contributed by atoms with E-state index in [4.69, 9.17) is 5.11 Å². The van der Waals surface area contributed by atoms with Crippen LogP contribution in [0.25, 0.3) is 0 Å². The molecule has 2 aliphatic carbocycles. The average Bonchev–Trinajstić information content (AvgIpc) is 3.48. The summed E-state index contributed by atoms with van der Waals surface area (Å²) >= 11 is 0. The molecule has 2 aromatic rings. The van der Waals surface area contributed by atoms with Crippen molar-refractivity contribution >= 4 is 11.7 Å². The van der Waals surface area contributed by atoms with Crippen molar-refractivity contribution in [1.82, 2.24) is 21.0 Å². The fourth-order valence-electron chi connectivity index (χ4n) is 5.48. The van der Waals surface area contributed by atoms with Gasteiger partial charge >= 0.3 is 6.03 Å². The molecule has 2 amide bonds. The zero-order valence-electron chi connectivity index (χ0n) is 19.4. The number of amides is 2. The van der Waals surface area contributed by atoms with Crippen molar-refractivity contribution in [1.29, 1.82) is 0 Å². The molecule has 0 saturated carbocycles. The summed E-state index contributed by atoms with van der Waals surface area (Å²) in [6.07, 6.45) is 11.1. The lowest BCUT2D eigenvalue weighted by Gasteiger charge is -2.31. The van der Waals surface area contributed by atoms with Crippen molar-refractivity contribution < 1.29 is 9.90 Å². The average molecular weight is 458 g/mol. The Hall–Kier alpha value is -3.58. The summed E-state index contributed by atoms with van der Waals surface area (Å²) in [5.74, 6) is 0.691. The third-order valence-electron chi connectivity index (χ3n) is 7.03. The molecule has 7 heteroatoms. The van der Waals surface area contributed by atoms with E-state index in [-0.39, 0.29) is 25.2 Å². The monoisotopic (exact) mass is 457 g/mol. The van der Waals surface area contributed by atoms with Crippen molar-refractivity contribution in [3.8, 4) is 0 Å². The van der Waals surface area contributed by atoms with Crippen molar-refractivity contribution in [2.24, 2.45) is 11.8 Å². The Morgan fingerprint density at radius 2 is 2.12 bits per heavy atom. The van der Waals surface area contributed by atoms with Crippen LogP contribution in [0.3, 0.4) is 0 Å². The number of anilines is 1. The van der Waals surface area contributed by atoms with E-state index in [0.29, 0.717) is 11.8 Å². The number of benzene rings is 1. The van der Waals surface area contributed by atoms with Crippen LogP contribution in [0.2, 0.25) is 0 Å². The van der Waals surface area contributed by atoms with Gasteiger partial charge < -0.3 is 21.2 Å². The summed E-state index contributed by atoms with van der Waals surface area (Å²) in [6.45, 7) is 2.46. The highest BCUT2D eigenvalue weighted by atomic mass is 16.3. The van der Waals surface area contributed by atoms with Crippen LogP contribution in [0.4, 0.5) is 10.5 Å². The molecule has 4 N–H and O–H groups in total. The van der Waals surface area contributed by atoms with Crippen LogP contribution in [0.1, 0.15) is 37.8 Å². The third-order valence-corrected chi connectivity index (χ3v) is 7.03. The molecular formula is C27H31N5O2. The molecule has 1 aromatic heterocycles. The zero-order chi connectivity index (χ0) is 23.5. The van der Waals surface area contributed by atoms with Crippen LogP contribution in [0, 0.1) is 11.8 Å². The maximum Gasteiger partial charge on any atom is 0.315 e. The van der Waals surface area contributed by atoms with Crippen LogP contribution in [-0.2, 0) is 0 Å². The predicted molar refractivity (Wildman–Crippen MR) is 132 cm³/mol. The minimum absolute atomic E-state index is 0.0757. The highest BCUT2D eigenvalue weighted by Gasteiger charge is 2.39. The topological polar surface area (TPSA) is 89.5 Å². The zero-order valence-corrected chi connectivity index (χ0v) is 19.4. The Morgan fingerprint density at radius 1 is 1.26 bits per heavy atom. The van der Waals surface area contributed by atoms with E-state index in [9.17, 15) is 4.79 Å². The summed E-state index contributed by atoms with van der Waals surface area (Å²) in [4.78, 5) is 16.7. The number of hydrazine groups is 1. The molecular weight excluding hydrogens is 426 g/mol. The fraction of sp³-hybridized carbons (Fsp3) is 0.333. The van der Waals surface area contributed by atoms with Crippen molar-refractivity contribution in [2.75, 3.05) is 18.2 Å². The number of nitrogens with one attached hydrogen (secondary N) is 3. The molecule has 0 radical (unpaired) electrons. The normalized spacial score (nSPS) is 21.8. The first-order chi connectivity index (χ1) is 16.7. The Kier molecular flexibility index (Phi) is 6.36. The second-order valence-electron chi connectivity index (χ2n) is 9.07. The van der Waals surface area contributed by atoms with Crippen LogP contribution < -0.4 is 21.1 Å². The number of nitrogens with zero attached hydrogens (tertiary/aromatic N) is 2. The smallest absolute Gasteiger partial charge is 0.315 e. The van der Waals surface area contributed by atoms with Gasteiger partial charge in [0.05, 0.1) is 30.2 Å². The van der Waals surface area contributed by atoms with Crippen molar-refractivity contribution in [3.63, 3.8) is 0 Å². The Morgan fingerprint density at radius 3 is 2.88 bits per heavy atom. The van der Waals surface area contributed by atoms with E-state index in [2.05, 4.69) is 63.5 Å². The third kappa shape index (κ3) is 4.31. The number of rotatable bonds is 7. The van der Waals surface area contributed by atoms with Gasteiger partial charge in [-0.1, -0.05) is 42.8 Å². The minimum atomic E-state index is -0.246. The lowest BCUT2D eigenvalue weighted by atomic mass is 9.78. The number of allylic oxidation sites excluding steroid dienone is 4. The molecule has 0 fully saturated rings. The van der Waals surface area contributed by atoms with Gasteiger partial charge in [-0.15, -0.1) is 0 Å². The highest BCUT2D eigenvalue weighted by Crippen LogP contribution is 2.49. The molecule has 176 valence electrons. The molecule has 7 nitrogen and oxygen atoms in total. The predicted octanol–water partition coefficient (Wildman–Crippen LogP) is 3.95. The molecule has 0 saturated heterocycles. The molecule has 5 rings (SSSR count). The maximum atomic E-state index is 12.4. The van der Waals surface area contributed by atoms with Crippen molar-refractivity contribution in [2.45, 2.75) is 32.2 Å². The second kappa shape index (κ2) is 9.73. The summed E-state index contributed by atoms with van der Waals surface area (Å²) in [5, 5.41) is 17.0. The summed E-state index contributed by atoms with van der Waals surface area (Å²) in [5.41, 5.74) is 10.9. The first-order valence-electron chi connectivity index (χ1n) is 12.0. The van der Waals surface area contributed by atoms with E-state index in [1.807, 2.05) is 30.5 Å². The van der Waals surface area contributed by atoms with Crippen LogP contribution >= 0.6 is 0 Å². The minimum Gasteiger partial charge on any atom is -0.395 e. The van der Waals surface area contributed by atoms with Gasteiger partial charge in [0.1, 0.15) is 0 Å². The summed E-state index contributed by atoms with van der Waals surface area (Å²) in [7, 11) is 0. The number of aliphatic hydroxyl groups excluding tert-OH is 1. The first-order valence-corrected chi connectivity index (χ1v) is 12.0. The molecule has 1 unspecified atom stereocenters. The SMILES string of the molecule is C[C@H]1C2=CNN(c3cccnc3)C2=CC2=C1[C@@H](CC(NC(=O)NCCO)c1ccccc1)CC2. The molecule has 1 aromatic carbocycles. The molecule has 2 heterocycles. The number of aromatic nitrogens is 1. The van der Waals surface area contributed by atoms with Crippen LogP contribution in [0.5, 0.6) is 0 Å². The Labute approximate surface area is 200 Å². The van der Waals surface area contributed by atoms with Gasteiger partial charge in [-0.05, 0) is 54.5 Å². The number of fused-ring (bicyclic) bond motifs is 1. The molecule has 3 aliphatic rings. The van der Waals surface area contributed by atoms with Gasteiger partial charge in [-0.2, -0.15) is 0 Å². The van der Waals surface area contributed by atoms with E-state index in [0.717, 1.165) is 30.5 Å². The largest absolute Gasteiger partial charge is 0.395 e. The Bertz CT molecular complexity index is 1130. The van der Waals surface area contributed by atoms with Gasteiger partial charge in [0.15, 0.2) is 0 Å². The van der Waals surface area contributed by atoms with Gasteiger partial charge in [-0.25, -0.2) is 4.79 Å². The van der Waals surface area contributed by atoms with Gasteiger partial charge in [-0.3, -0.25) is 9.99 Å². The van der Waals surface area contributed by atoms with E-state index in [1.54, 1.807) is 6.20 Å². The van der Waals surface area contributed by atoms with Crippen LogP contribution in [0.15, 0.2) is 89.6 Å². The summed E-state index contributed by atoms with van der Waals surface area (Å²) in [6, 6.07) is 13.8. The van der Waals surface area contributed by atoms with E-state index >= 15 is 0 Å². The standard InChI is InChI=1S/C27H31N5O2/c1-18-23-17-30-32(22-8-5-11-28-16-22)25(23)15-21-10-9-20(26(18)21)14-24(19-6-3-2-4-7-19)31-27(34)29-12-13-33/h2-8,11,15-18,20,24,30,33H,9-10,12-14H2,1H3,(H2,29,31,34)/t18-,20+,24?/m0/s1. The quantitative estimate of drug-likeness (QED) is 0.506. The number of urea groups is 1. The first kappa shape index (κ1) is 22.2. The number of carbonyl (C=O) groups is 1. The lowest BCUT2D eigenvalue weighted by molar-refractivity contribution is 0.228. The molecule has 34 heavy (non-hydrogen) atoms. The number of hydrogen-bond donors (Lipinski definition) is 4. The number of hydrogen-bond acceptors (Lipinski definition) is 5. The second-order valence-corrected chi connectivity index (χ2v) is 9.07. The number of aliphatic hydroxyl groups is 1. The van der Waals surface area contributed by atoms with Gasteiger partial charge in [0.25, 0.3) is 0 Å². The lowest BCUT2D eigenvalue weighted by Crippen LogP contribution is -2.40. The fourth-order valence-corrected chi connectivity index (χ4v) is 5.48. The van der Waals surface area contributed by atoms with Gasteiger partial charge in [0, 0.05) is 30.4 Å². The molecule has 0 spiro atoms. The van der Waals surface area contributed by atoms with E-state index in [1.165, 1.54) is 22.4 Å². The highest BCUT2D eigenvalue weighted by molar-refractivity contribution is 5.74. The molecule has 3 atom stereocenters. The molecule has 1 aliphatic heterocycles. The van der Waals surface area contributed by atoms with E-state index < -0.39 is 0 Å². The van der Waals surface area contributed by atoms with Crippen LogP contribution in [-0.4, -0.2) is 29.3 Å². The summed E-state index contributed by atoms with van der Waals surface area (Å²) < 4.78 is 0. The van der Waals surface area contributed by atoms with Crippen molar-refractivity contribution in [3.05, 3.63) is 95.1 Å².